The molecule has 3 aromatic carbocycles. The van der Waals surface area contributed by atoms with E-state index in [1.165, 1.54) is 12.1 Å². The van der Waals surface area contributed by atoms with Crippen LogP contribution in [0.15, 0.2) is 70.9 Å². The summed E-state index contributed by atoms with van der Waals surface area (Å²) in [6.45, 7) is 2.24. The SMILES string of the molecule is Cc1c(OCc2ccc(Br)cc2)ccc2c1O/C(=C\c1ccccc1F)C2=O. The minimum Gasteiger partial charge on any atom is -0.488 e. The van der Waals surface area contributed by atoms with Gasteiger partial charge in [0.25, 0.3) is 0 Å². The molecule has 0 N–H and O–H groups in total. The van der Waals surface area contributed by atoms with Gasteiger partial charge < -0.3 is 9.47 Å². The van der Waals surface area contributed by atoms with E-state index >= 15 is 0 Å². The molecule has 4 rings (SSSR count). The predicted molar refractivity (Wildman–Crippen MR) is 109 cm³/mol. The first-order valence-corrected chi connectivity index (χ1v) is 9.52. The van der Waals surface area contributed by atoms with E-state index in [9.17, 15) is 9.18 Å². The van der Waals surface area contributed by atoms with Crippen LogP contribution in [0, 0.1) is 12.7 Å². The van der Waals surface area contributed by atoms with Crippen molar-refractivity contribution in [1.29, 1.82) is 0 Å². The highest BCUT2D eigenvalue weighted by Gasteiger charge is 2.30. The second-order valence-electron chi connectivity index (χ2n) is 6.44. The molecule has 1 aliphatic rings. The maximum absolute atomic E-state index is 13.9. The summed E-state index contributed by atoms with van der Waals surface area (Å²) in [4.78, 5) is 12.6. The van der Waals surface area contributed by atoms with Crippen LogP contribution in [0.25, 0.3) is 6.08 Å². The molecule has 0 atom stereocenters. The molecule has 0 saturated carbocycles. The monoisotopic (exact) mass is 438 g/mol. The van der Waals surface area contributed by atoms with E-state index in [-0.39, 0.29) is 11.5 Å². The maximum Gasteiger partial charge on any atom is 0.231 e. The normalized spacial score (nSPS) is 14.1. The Morgan fingerprint density at radius 2 is 1.82 bits per heavy atom. The first-order valence-electron chi connectivity index (χ1n) is 8.72. The molecule has 28 heavy (non-hydrogen) atoms. The van der Waals surface area contributed by atoms with E-state index in [4.69, 9.17) is 9.47 Å². The fourth-order valence-electron chi connectivity index (χ4n) is 3.00. The van der Waals surface area contributed by atoms with Crippen LogP contribution in [-0.2, 0) is 6.61 Å². The number of allylic oxidation sites excluding steroid dienone is 1. The van der Waals surface area contributed by atoms with Gasteiger partial charge in [-0.2, -0.15) is 0 Å². The van der Waals surface area contributed by atoms with Gasteiger partial charge in [0.2, 0.25) is 5.78 Å². The highest BCUT2D eigenvalue weighted by molar-refractivity contribution is 9.10. The van der Waals surface area contributed by atoms with Gasteiger partial charge in [-0.3, -0.25) is 4.79 Å². The number of benzene rings is 3. The Kier molecular flexibility index (Phi) is 5.01. The van der Waals surface area contributed by atoms with Gasteiger partial charge in [0.1, 0.15) is 23.9 Å². The average molecular weight is 439 g/mol. The number of hydrogen-bond acceptors (Lipinski definition) is 3. The third-order valence-corrected chi connectivity index (χ3v) is 5.06. The zero-order chi connectivity index (χ0) is 19.7. The fraction of sp³-hybridized carbons (Fsp3) is 0.0870. The van der Waals surface area contributed by atoms with Crippen molar-refractivity contribution < 1.29 is 18.7 Å². The third kappa shape index (κ3) is 3.58. The molecule has 0 aromatic heterocycles. The van der Waals surface area contributed by atoms with Crippen molar-refractivity contribution in [3.63, 3.8) is 0 Å². The summed E-state index contributed by atoms with van der Waals surface area (Å²) in [5.41, 5.74) is 2.53. The number of ketones is 1. The van der Waals surface area contributed by atoms with Gasteiger partial charge in [0.15, 0.2) is 5.76 Å². The molecular formula is C23H16BrFO3. The summed E-state index contributed by atoms with van der Waals surface area (Å²) in [7, 11) is 0. The quantitative estimate of drug-likeness (QED) is 0.462. The van der Waals surface area contributed by atoms with Crippen molar-refractivity contribution >= 4 is 27.8 Å². The Bertz CT molecular complexity index is 1090. The van der Waals surface area contributed by atoms with Crippen LogP contribution in [0.5, 0.6) is 11.5 Å². The number of ether oxygens (including phenoxy) is 2. The first kappa shape index (κ1) is 18.4. The van der Waals surface area contributed by atoms with Crippen LogP contribution in [0.1, 0.15) is 27.0 Å². The Morgan fingerprint density at radius 1 is 1.07 bits per heavy atom. The van der Waals surface area contributed by atoms with Crippen molar-refractivity contribution in [3.8, 4) is 11.5 Å². The summed E-state index contributed by atoms with van der Waals surface area (Å²) in [6.07, 6.45) is 1.43. The summed E-state index contributed by atoms with van der Waals surface area (Å²) in [5, 5.41) is 0. The smallest absolute Gasteiger partial charge is 0.231 e. The van der Waals surface area contributed by atoms with Crippen molar-refractivity contribution in [2.75, 3.05) is 0 Å². The molecule has 140 valence electrons. The summed E-state index contributed by atoms with van der Waals surface area (Å²) in [5.74, 6) is 0.536. The molecule has 0 unspecified atom stereocenters. The molecule has 0 fully saturated rings. The van der Waals surface area contributed by atoms with Gasteiger partial charge in [-0.1, -0.05) is 46.3 Å². The van der Waals surface area contributed by atoms with Gasteiger partial charge in [-0.25, -0.2) is 4.39 Å². The molecule has 1 aliphatic heterocycles. The van der Waals surface area contributed by atoms with Gasteiger partial charge in [0, 0.05) is 15.6 Å². The van der Waals surface area contributed by atoms with E-state index in [1.54, 1.807) is 30.3 Å². The highest BCUT2D eigenvalue weighted by Crippen LogP contribution is 2.39. The molecule has 3 nitrogen and oxygen atoms in total. The van der Waals surface area contributed by atoms with E-state index in [1.807, 2.05) is 31.2 Å². The molecule has 0 amide bonds. The second kappa shape index (κ2) is 7.60. The van der Waals surface area contributed by atoms with Gasteiger partial charge in [0.05, 0.1) is 5.56 Å². The zero-order valence-corrected chi connectivity index (χ0v) is 16.6. The standard InChI is InChI=1S/C23H16BrFO3/c1-14-20(27-13-15-6-8-17(24)9-7-15)11-10-18-22(26)21(28-23(14)18)12-16-4-2-3-5-19(16)25/h2-12H,13H2,1H3/b21-12-. The van der Waals surface area contributed by atoms with Gasteiger partial charge in [-0.05, 0) is 48.9 Å². The van der Waals surface area contributed by atoms with E-state index < -0.39 is 5.82 Å². The molecule has 0 bridgehead atoms. The van der Waals surface area contributed by atoms with Crippen LogP contribution in [0.2, 0.25) is 0 Å². The Labute approximate surface area is 170 Å². The maximum atomic E-state index is 13.9. The van der Waals surface area contributed by atoms with Crippen LogP contribution in [-0.4, -0.2) is 5.78 Å². The Morgan fingerprint density at radius 3 is 2.57 bits per heavy atom. The van der Waals surface area contributed by atoms with Crippen molar-refractivity contribution in [2.24, 2.45) is 0 Å². The van der Waals surface area contributed by atoms with Crippen LogP contribution in [0.3, 0.4) is 0 Å². The van der Waals surface area contributed by atoms with Gasteiger partial charge in [-0.15, -0.1) is 0 Å². The largest absolute Gasteiger partial charge is 0.488 e. The van der Waals surface area contributed by atoms with E-state index in [0.29, 0.717) is 29.2 Å². The lowest BCUT2D eigenvalue weighted by molar-refractivity contribution is 0.101. The van der Waals surface area contributed by atoms with E-state index in [2.05, 4.69) is 15.9 Å². The number of carbonyl (C=O) groups is 1. The average Bonchev–Trinajstić information content (AvgIpc) is 3.01. The molecular weight excluding hydrogens is 423 g/mol. The number of carbonyl (C=O) groups excluding carboxylic acids is 1. The second-order valence-corrected chi connectivity index (χ2v) is 7.36. The minimum absolute atomic E-state index is 0.105. The summed E-state index contributed by atoms with van der Waals surface area (Å²) < 4.78 is 26.6. The topological polar surface area (TPSA) is 35.5 Å². The van der Waals surface area contributed by atoms with Crippen molar-refractivity contribution in [3.05, 3.63) is 99.0 Å². The van der Waals surface area contributed by atoms with Crippen molar-refractivity contribution in [1.82, 2.24) is 0 Å². The molecule has 0 radical (unpaired) electrons. The Balaban J connectivity index is 1.58. The number of fused-ring (bicyclic) bond motifs is 1. The number of hydrogen-bond donors (Lipinski definition) is 0. The first-order chi connectivity index (χ1) is 13.5. The Hall–Kier alpha value is -2.92. The van der Waals surface area contributed by atoms with Crippen LogP contribution < -0.4 is 9.47 Å². The molecule has 3 aromatic rings. The lowest BCUT2D eigenvalue weighted by Crippen LogP contribution is -1.98. The highest BCUT2D eigenvalue weighted by atomic mass is 79.9. The molecule has 0 saturated heterocycles. The van der Waals surface area contributed by atoms with Crippen LogP contribution in [0.4, 0.5) is 4.39 Å². The van der Waals surface area contributed by atoms with Crippen LogP contribution >= 0.6 is 15.9 Å². The summed E-state index contributed by atoms with van der Waals surface area (Å²) >= 11 is 3.41. The lowest BCUT2D eigenvalue weighted by Gasteiger charge is -2.11. The number of rotatable bonds is 4. The molecule has 5 heteroatoms. The molecule has 0 spiro atoms. The zero-order valence-electron chi connectivity index (χ0n) is 15.0. The number of Topliss-reactive ketones (excluding diaryl/α,β-unsaturated/α-hetero) is 1. The minimum atomic E-state index is -0.405. The molecule has 1 heterocycles. The van der Waals surface area contributed by atoms with Gasteiger partial charge >= 0.3 is 0 Å². The summed E-state index contributed by atoms with van der Waals surface area (Å²) in [6, 6.07) is 17.6. The number of halogens is 2. The predicted octanol–water partition coefficient (Wildman–Crippen LogP) is 6.09. The molecule has 0 aliphatic carbocycles. The van der Waals surface area contributed by atoms with Crippen molar-refractivity contribution in [2.45, 2.75) is 13.5 Å². The third-order valence-electron chi connectivity index (χ3n) is 4.54. The lowest BCUT2D eigenvalue weighted by atomic mass is 10.1. The van der Waals surface area contributed by atoms with E-state index in [0.717, 1.165) is 15.6 Å². The fourth-order valence-corrected chi connectivity index (χ4v) is 3.26.